The Kier molecular flexibility index (Phi) is 8.88. The summed E-state index contributed by atoms with van der Waals surface area (Å²) in [4.78, 5) is 0. The number of unbranched alkanes of at least 4 members (excludes halogenated alkanes) is 4. The highest BCUT2D eigenvalue weighted by molar-refractivity contribution is 4.49. The Morgan fingerprint density at radius 3 is 2.25 bits per heavy atom. The normalized spacial score (nSPS) is 13.2. The second-order valence-corrected chi connectivity index (χ2v) is 3.12. The summed E-state index contributed by atoms with van der Waals surface area (Å²) in [5, 5.41) is 20.3. The molecule has 3 heteroatoms. The summed E-state index contributed by atoms with van der Waals surface area (Å²) in [5.41, 5.74) is 0. The molecule has 3 N–H and O–H groups in total. The zero-order valence-electron chi connectivity index (χ0n) is 7.92. The molecule has 0 bridgehead atoms. The molecule has 0 aliphatic carbocycles. The first-order valence-corrected chi connectivity index (χ1v) is 4.79. The first-order chi connectivity index (χ1) is 5.77. The molecule has 0 radical (unpaired) electrons. The first-order valence-electron chi connectivity index (χ1n) is 4.79. The number of hydrogen-bond donors (Lipinski definition) is 3. The first kappa shape index (κ1) is 11.9. The quantitative estimate of drug-likeness (QED) is 0.379. The molecule has 12 heavy (non-hydrogen) atoms. The van der Waals surface area contributed by atoms with E-state index in [1.54, 1.807) is 6.92 Å². The molecule has 0 rings (SSSR count). The average Bonchev–Trinajstić information content (AvgIpc) is 2.02. The summed E-state index contributed by atoms with van der Waals surface area (Å²) in [5.74, 6) is 0. The van der Waals surface area contributed by atoms with Crippen LogP contribution in [0.2, 0.25) is 0 Å². The summed E-state index contributed by atoms with van der Waals surface area (Å²) in [6.07, 6.45) is 5.12. The maximum atomic E-state index is 8.85. The van der Waals surface area contributed by atoms with Crippen molar-refractivity contribution >= 4 is 0 Å². The highest BCUT2D eigenvalue weighted by atomic mass is 16.3. The van der Waals surface area contributed by atoms with Crippen LogP contribution in [0, 0.1) is 0 Å². The smallest absolute Gasteiger partial charge is 0.102 e. The average molecular weight is 175 g/mol. The van der Waals surface area contributed by atoms with Crippen molar-refractivity contribution < 1.29 is 10.2 Å². The van der Waals surface area contributed by atoms with Gasteiger partial charge in [-0.15, -0.1) is 0 Å². The van der Waals surface area contributed by atoms with E-state index in [2.05, 4.69) is 5.32 Å². The van der Waals surface area contributed by atoms with Crippen LogP contribution in [0.15, 0.2) is 0 Å². The van der Waals surface area contributed by atoms with E-state index in [1.807, 2.05) is 0 Å². The molecule has 0 aliphatic rings. The molecule has 0 amide bonds. The van der Waals surface area contributed by atoms with Gasteiger partial charge in [0.25, 0.3) is 0 Å². The van der Waals surface area contributed by atoms with Gasteiger partial charge >= 0.3 is 0 Å². The van der Waals surface area contributed by atoms with Crippen LogP contribution in [0.1, 0.15) is 39.0 Å². The third kappa shape index (κ3) is 9.88. The van der Waals surface area contributed by atoms with Crippen LogP contribution in [0.5, 0.6) is 0 Å². The van der Waals surface area contributed by atoms with Gasteiger partial charge in [0.1, 0.15) is 6.23 Å². The zero-order valence-corrected chi connectivity index (χ0v) is 7.92. The predicted octanol–water partition coefficient (Wildman–Crippen LogP) is 0.857. The SMILES string of the molecule is CC(O)NCCCCCCCO. The van der Waals surface area contributed by atoms with Gasteiger partial charge in [0.2, 0.25) is 0 Å². The van der Waals surface area contributed by atoms with E-state index in [4.69, 9.17) is 10.2 Å². The third-order valence-electron chi connectivity index (χ3n) is 1.77. The Morgan fingerprint density at radius 1 is 1.08 bits per heavy atom. The number of rotatable bonds is 8. The molecule has 0 saturated heterocycles. The van der Waals surface area contributed by atoms with Gasteiger partial charge in [-0.3, -0.25) is 5.32 Å². The fraction of sp³-hybridized carbons (Fsp3) is 1.00. The Balaban J connectivity index is 2.82. The van der Waals surface area contributed by atoms with Gasteiger partial charge in [0, 0.05) is 6.61 Å². The molecule has 0 heterocycles. The fourth-order valence-electron chi connectivity index (χ4n) is 1.08. The molecule has 3 nitrogen and oxygen atoms in total. The molecule has 0 spiro atoms. The van der Waals surface area contributed by atoms with Gasteiger partial charge in [-0.1, -0.05) is 19.3 Å². The van der Waals surface area contributed by atoms with Crippen LogP contribution in [-0.2, 0) is 0 Å². The summed E-state index contributed by atoms with van der Waals surface area (Å²) < 4.78 is 0. The van der Waals surface area contributed by atoms with Crippen LogP contribution < -0.4 is 5.32 Å². The fourth-order valence-corrected chi connectivity index (χ4v) is 1.08. The van der Waals surface area contributed by atoms with Crippen LogP contribution in [0.3, 0.4) is 0 Å². The van der Waals surface area contributed by atoms with Gasteiger partial charge in [0.05, 0.1) is 0 Å². The molecule has 0 saturated carbocycles. The zero-order chi connectivity index (χ0) is 9.23. The third-order valence-corrected chi connectivity index (χ3v) is 1.77. The Morgan fingerprint density at radius 2 is 1.67 bits per heavy atom. The van der Waals surface area contributed by atoms with Gasteiger partial charge in [-0.2, -0.15) is 0 Å². The van der Waals surface area contributed by atoms with Gasteiger partial charge in [-0.25, -0.2) is 0 Å². The maximum absolute atomic E-state index is 8.85. The Hall–Kier alpha value is -0.120. The second-order valence-electron chi connectivity index (χ2n) is 3.12. The van der Waals surface area contributed by atoms with Crippen molar-refractivity contribution in [1.82, 2.24) is 5.32 Å². The lowest BCUT2D eigenvalue weighted by atomic mass is 10.1. The Bertz CT molecular complexity index is 86.6. The lowest BCUT2D eigenvalue weighted by Crippen LogP contribution is -2.26. The molecule has 74 valence electrons. The number of aliphatic hydroxyl groups is 2. The predicted molar refractivity (Wildman–Crippen MR) is 49.9 cm³/mol. The molecule has 1 unspecified atom stereocenters. The van der Waals surface area contributed by atoms with E-state index in [-0.39, 0.29) is 6.23 Å². The standard InChI is InChI=1S/C9H21NO2/c1-9(12)10-7-5-3-2-4-6-8-11/h9-12H,2-8H2,1H3. The minimum atomic E-state index is -0.387. The van der Waals surface area contributed by atoms with Gasteiger partial charge in [0.15, 0.2) is 0 Å². The lowest BCUT2D eigenvalue weighted by Gasteiger charge is -2.06. The van der Waals surface area contributed by atoms with Gasteiger partial charge in [-0.05, 0) is 26.3 Å². The Labute approximate surface area is 74.8 Å². The van der Waals surface area contributed by atoms with Crippen LogP contribution in [0.25, 0.3) is 0 Å². The van der Waals surface area contributed by atoms with Crippen molar-refractivity contribution in [3.8, 4) is 0 Å². The van der Waals surface area contributed by atoms with E-state index in [9.17, 15) is 0 Å². The maximum Gasteiger partial charge on any atom is 0.102 e. The van der Waals surface area contributed by atoms with Crippen LogP contribution in [0.4, 0.5) is 0 Å². The molecule has 0 aromatic heterocycles. The largest absolute Gasteiger partial charge is 0.396 e. The highest BCUT2D eigenvalue weighted by Crippen LogP contribution is 2.01. The summed E-state index contributed by atoms with van der Waals surface area (Å²) in [6, 6.07) is 0. The van der Waals surface area contributed by atoms with E-state index in [1.165, 1.54) is 12.8 Å². The van der Waals surface area contributed by atoms with E-state index in [0.29, 0.717) is 6.61 Å². The van der Waals surface area contributed by atoms with Crippen molar-refractivity contribution in [2.45, 2.75) is 45.3 Å². The van der Waals surface area contributed by atoms with Gasteiger partial charge < -0.3 is 10.2 Å². The van der Waals surface area contributed by atoms with Crippen LogP contribution >= 0.6 is 0 Å². The minimum Gasteiger partial charge on any atom is -0.396 e. The van der Waals surface area contributed by atoms with Crippen molar-refractivity contribution in [2.75, 3.05) is 13.2 Å². The topological polar surface area (TPSA) is 52.5 Å². The second kappa shape index (κ2) is 8.97. The molecular weight excluding hydrogens is 154 g/mol. The molecule has 0 fully saturated rings. The molecule has 0 aromatic rings. The number of nitrogens with one attached hydrogen (secondary N) is 1. The number of hydrogen-bond acceptors (Lipinski definition) is 3. The minimum absolute atomic E-state index is 0.311. The monoisotopic (exact) mass is 175 g/mol. The molecule has 0 aliphatic heterocycles. The highest BCUT2D eigenvalue weighted by Gasteiger charge is 1.93. The summed E-state index contributed by atoms with van der Waals surface area (Å²) in [6.45, 7) is 2.93. The molecule has 1 atom stereocenters. The van der Waals surface area contributed by atoms with E-state index >= 15 is 0 Å². The van der Waals surface area contributed by atoms with Crippen LogP contribution in [-0.4, -0.2) is 29.6 Å². The van der Waals surface area contributed by atoms with Crippen molar-refractivity contribution in [3.05, 3.63) is 0 Å². The van der Waals surface area contributed by atoms with Crippen molar-refractivity contribution in [2.24, 2.45) is 0 Å². The van der Waals surface area contributed by atoms with Crippen molar-refractivity contribution in [3.63, 3.8) is 0 Å². The summed E-state index contributed by atoms with van der Waals surface area (Å²) >= 11 is 0. The van der Waals surface area contributed by atoms with Crippen molar-refractivity contribution in [1.29, 1.82) is 0 Å². The summed E-state index contributed by atoms with van der Waals surface area (Å²) in [7, 11) is 0. The molecular formula is C9H21NO2. The van der Waals surface area contributed by atoms with E-state index < -0.39 is 0 Å². The van der Waals surface area contributed by atoms with E-state index in [0.717, 1.165) is 25.8 Å². The lowest BCUT2D eigenvalue weighted by molar-refractivity contribution is 0.156. The molecule has 0 aromatic carbocycles. The number of aliphatic hydroxyl groups excluding tert-OH is 2.